The predicted molar refractivity (Wildman–Crippen MR) is 97.5 cm³/mol. The number of rotatable bonds is 9. The second-order valence-electron chi connectivity index (χ2n) is 6.14. The number of benzene rings is 2. The van der Waals surface area contributed by atoms with Crippen molar-refractivity contribution < 1.29 is 14.7 Å². The molecule has 0 heterocycles. The number of nitrogens with zero attached hydrogens (tertiary/aromatic N) is 3. The fourth-order valence-electron chi connectivity index (χ4n) is 3.32. The number of carboxylic acid groups (broad SMARTS) is 1. The van der Waals surface area contributed by atoms with Crippen molar-refractivity contribution in [2.75, 3.05) is 13.2 Å². The van der Waals surface area contributed by atoms with Gasteiger partial charge in [0.2, 0.25) is 0 Å². The van der Waals surface area contributed by atoms with Gasteiger partial charge >= 0.3 is 5.97 Å². The lowest BCUT2D eigenvalue weighted by atomic mass is 9.98. The second kappa shape index (κ2) is 8.49. The van der Waals surface area contributed by atoms with Gasteiger partial charge in [0.25, 0.3) is 0 Å². The molecule has 7 nitrogen and oxygen atoms in total. The second-order valence-corrected chi connectivity index (χ2v) is 6.14. The van der Waals surface area contributed by atoms with Crippen LogP contribution in [-0.4, -0.2) is 30.3 Å². The summed E-state index contributed by atoms with van der Waals surface area (Å²) in [6.45, 7) is 0.611. The van der Waals surface area contributed by atoms with E-state index < -0.39 is 12.0 Å². The molecule has 0 amide bonds. The number of carboxylic acids is 1. The Labute approximate surface area is 151 Å². The quantitative estimate of drug-likeness (QED) is 0.235. The smallest absolute Gasteiger partial charge is 0.323 e. The number of hydrogen-bond donors (Lipinski definition) is 2. The Hall–Kier alpha value is -2.86. The molecular weight excluding hydrogens is 332 g/mol. The van der Waals surface area contributed by atoms with E-state index in [2.05, 4.69) is 39.8 Å². The van der Waals surface area contributed by atoms with Crippen LogP contribution in [0.4, 0.5) is 0 Å². The van der Waals surface area contributed by atoms with E-state index >= 15 is 0 Å². The van der Waals surface area contributed by atoms with Gasteiger partial charge in [-0.15, -0.1) is 0 Å². The first kappa shape index (κ1) is 17.9. The van der Waals surface area contributed by atoms with Gasteiger partial charge in [-0.05, 0) is 40.6 Å². The highest BCUT2D eigenvalue weighted by atomic mass is 16.6. The first-order valence-electron chi connectivity index (χ1n) is 8.51. The zero-order valence-corrected chi connectivity index (χ0v) is 14.2. The minimum atomic E-state index is -0.988. The number of hydroxylamine groups is 1. The summed E-state index contributed by atoms with van der Waals surface area (Å²) in [4.78, 5) is 19.6. The third-order valence-corrected chi connectivity index (χ3v) is 4.55. The topological polar surface area (TPSA) is 107 Å². The molecule has 1 aliphatic rings. The molecule has 26 heavy (non-hydrogen) atoms. The SMILES string of the molecule is [N-]=[N+]=NCCCC(NOCC1c2ccccc2-c2ccccc21)C(=O)O. The van der Waals surface area contributed by atoms with Crippen LogP contribution in [0.1, 0.15) is 29.9 Å². The van der Waals surface area contributed by atoms with Crippen LogP contribution >= 0.6 is 0 Å². The summed E-state index contributed by atoms with van der Waals surface area (Å²) >= 11 is 0. The van der Waals surface area contributed by atoms with Crippen LogP contribution in [0.3, 0.4) is 0 Å². The molecule has 0 saturated heterocycles. The fourth-order valence-corrected chi connectivity index (χ4v) is 3.32. The van der Waals surface area contributed by atoms with Crippen molar-refractivity contribution in [2.24, 2.45) is 5.11 Å². The van der Waals surface area contributed by atoms with Gasteiger partial charge in [-0.2, -0.15) is 5.48 Å². The summed E-state index contributed by atoms with van der Waals surface area (Å²) < 4.78 is 0. The molecule has 0 spiro atoms. The van der Waals surface area contributed by atoms with Crippen molar-refractivity contribution in [3.8, 4) is 11.1 Å². The van der Waals surface area contributed by atoms with Gasteiger partial charge < -0.3 is 5.11 Å². The predicted octanol–water partition coefficient (Wildman–Crippen LogP) is 3.86. The average molecular weight is 352 g/mol. The van der Waals surface area contributed by atoms with Crippen molar-refractivity contribution in [3.63, 3.8) is 0 Å². The summed E-state index contributed by atoms with van der Waals surface area (Å²) in [5.41, 5.74) is 15.7. The third kappa shape index (κ3) is 3.86. The molecule has 134 valence electrons. The molecule has 2 aromatic carbocycles. The summed E-state index contributed by atoms with van der Waals surface area (Å²) in [7, 11) is 0. The van der Waals surface area contributed by atoms with E-state index in [0.29, 0.717) is 19.4 Å². The van der Waals surface area contributed by atoms with E-state index in [-0.39, 0.29) is 12.5 Å². The van der Waals surface area contributed by atoms with Gasteiger partial charge in [0.15, 0.2) is 0 Å². The molecule has 2 N–H and O–H groups in total. The Morgan fingerprint density at radius 3 is 2.38 bits per heavy atom. The van der Waals surface area contributed by atoms with Gasteiger partial charge in [-0.25, -0.2) is 0 Å². The maximum Gasteiger partial charge on any atom is 0.323 e. The first-order chi connectivity index (χ1) is 12.7. The van der Waals surface area contributed by atoms with E-state index in [1.165, 1.54) is 22.3 Å². The third-order valence-electron chi connectivity index (χ3n) is 4.55. The molecule has 3 rings (SSSR count). The Balaban J connectivity index is 1.64. The molecule has 7 heteroatoms. The van der Waals surface area contributed by atoms with E-state index in [1.807, 2.05) is 24.3 Å². The van der Waals surface area contributed by atoms with Crippen molar-refractivity contribution in [1.82, 2.24) is 5.48 Å². The van der Waals surface area contributed by atoms with Gasteiger partial charge in [0, 0.05) is 17.4 Å². The van der Waals surface area contributed by atoms with Crippen LogP contribution < -0.4 is 5.48 Å². The van der Waals surface area contributed by atoms with E-state index in [4.69, 9.17) is 10.4 Å². The highest BCUT2D eigenvalue weighted by Crippen LogP contribution is 2.44. The maximum absolute atomic E-state index is 11.3. The summed E-state index contributed by atoms with van der Waals surface area (Å²) in [6.07, 6.45) is 0.804. The summed E-state index contributed by atoms with van der Waals surface area (Å²) in [5, 5.41) is 12.7. The van der Waals surface area contributed by atoms with Gasteiger partial charge in [0.1, 0.15) is 6.04 Å². The van der Waals surface area contributed by atoms with Gasteiger partial charge in [-0.3, -0.25) is 9.63 Å². The normalized spacial score (nSPS) is 13.5. The molecular formula is C19H20N4O3. The number of nitrogens with one attached hydrogen (secondary N) is 1. The van der Waals surface area contributed by atoms with Crippen molar-refractivity contribution in [1.29, 1.82) is 0 Å². The Morgan fingerprint density at radius 1 is 1.19 bits per heavy atom. The highest BCUT2D eigenvalue weighted by Gasteiger charge is 2.28. The Bertz CT molecular complexity index is 788. The number of aliphatic carboxylic acids is 1. The molecule has 0 radical (unpaired) electrons. The van der Waals surface area contributed by atoms with Crippen LogP contribution in [0.25, 0.3) is 21.6 Å². The van der Waals surface area contributed by atoms with E-state index in [9.17, 15) is 9.90 Å². The Kier molecular flexibility index (Phi) is 5.86. The fraction of sp³-hybridized carbons (Fsp3) is 0.316. The van der Waals surface area contributed by atoms with Gasteiger partial charge in [-0.1, -0.05) is 53.6 Å². The number of carbonyl (C=O) groups is 1. The number of azide groups is 1. The van der Waals surface area contributed by atoms with E-state index in [0.717, 1.165) is 0 Å². The standard InChI is InChI=1S/C19H20N4O3/c20-23-21-11-5-10-18(19(24)25)22-26-12-17-15-8-3-1-6-13(15)14-7-2-4-9-16(14)17/h1-4,6-9,17-18,22H,5,10-12H2,(H,24,25). The molecule has 2 aromatic rings. The lowest BCUT2D eigenvalue weighted by Crippen LogP contribution is -2.37. The van der Waals surface area contributed by atoms with Crippen LogP contribution in [-0.2, 0) is 9.63 Å². The van der Waals surface area contributed by atoms with Crippen molar-refractivity contribution in [3.05, 3.63) is 70.1 Å². The number of hydrogen-bond acceptors (Lipinski definition) is 4. The summed E-state index contributed by atoms with van der Waals surface area (Å²) in [5.74, 6) is -0.925. The van der Waals surface area contributed by atoms with E-state index in [1.54, 1.807) is 0 Å². The van der Waals surface area contributed by atoms with Crippen molar-refractivity contribution in [2.45, 2.75) is 24.8 Å². The Morgan fingerprint density at radius 2 is 1.81 bits per heavy atom. The highest BCUT2D eigenvalue weighted by molar-refractivity contribution is 5.78. The molecule has 0 aromatic heterocycles. The lowest BCUT2D eigenvalue weighted by molar-refractivity contribution is -0.144. The van der Waals surface area contributed by atoms with Crippen LogP contribution in [0.2, 0.25) is 0 Å². The molecule has 1 aliphatic carbocycles. The first-order valence-corrected chi connectivity index (χ1v) is 8.51. The maximum atomic E-state index is 11.3. The molecule has 0 bridgehead atoms. The molecule has 0 saturated carbocycles. The molecule has 0 fully saturated rings. The molecule has 1 atom stereocenters. The van der Waals surface area contributed by atoms with Crippen LogP contribution in [0, 0.1) is 0 Å². The molecule has 0 aliphatic heterocycles. The molecule has 1 unspecified atom stereocenters. The van der Waals surface area contributed by atoms with Crippen LogP contribution in [0.5, 0.6) is 0 Å². The zero-order chi connectivity index (χ0) is 18.4. The minimum Gasteiger partial charge on any atom is -0.480 e. The van der Waals surface area contributed by atoms with Crippen LogP contribution in [0.15, 0.2) is 53.6 Å². The largest absolute Gasteiger partial charge is 0.480 e. The number of fused-ring (bicyclic) bond motifs is 3. The van der Waals surface area contributed by atoms with Crippen molar-refractivity contribution >= 4 is 5.97 Å². The zero-order valence-electron chi connectivity index (χ0n) is 14.2. The van der Waals surface area contributed by atoms with Gasteiger partial charge in [0.05, 0.1) is 6.61 Å². The minimum absolute atomic E-state index is 0.0625. The monoisotopic (exact) mass is 352 g/mol. The summed E-state index contributed by atoms with van der Waals surface area (Å²) in [6, 6.07) is 15.5. The lowest BCUT2D eigenvalue weighted by Gasteiger charge is -2.17. The average Bonchev–Trinajstić information content (AvgIpc) is 2.98.